The molecule has 0 heterocycles. The molecule has 0 radical (unpaired) electrons. The smallest absolute Gasteiger partial charge is 0.259 e. The van der Waals surface area contributed by atoms with Crippen molar-refractivity contribution in [2.45, 2.75) is 6.92 Å². The van der Waals surface area contributed by atoms with Crippen LogP contribution in [0.15, 0.2) is 36.4 Å². The third kappa shape index (κ3) is 2.98. The third-order valence-electron chi connectivity index (χ3n) is 2.66. The molecule has 2 aromatic carbocycles. The summed E-state index contributed by atoms with van der Waals surface area (Å²) in [5, 5.41) is 12.7. The van der Waals surface area contributed by atoms with Gasteiger partial charge in [0.15, 0.2) is 0 Å². The second kappa shape index (κ2) is 5.20. The lowest BCUT2D eigenvalue weighted by atomic mass is 10.1. The van der Waals surface area contributed by atoms with Crippen molar-refractivity contribution in [3.8, 4) is 5.75 Å². The highest BCUT2D eigenvalue weighted by Gasteiger charge is 2.11. The maximum Gasteiger partial charge on any atom is 0.259 e. The van der Waals surface area contributed by atoms with E-state index in [1.54, 1.807) is 30.3 Å². The number of carbonyl (C=O) groups is 1. The van der Waals surface area contributed by atoms with E-state index in [2.05, 4.69) is 5.32 Å². The number of amides is 1. The Labute approximate surface area is 115 Å². The van der Waals surface area contributed by atoms with Crippen LogP contribution in [0.2, 0.25) is 5.02 Å². The average Bonchev–Trinajstić information content (AvgIpc) is 2.33. The summed E-state index contributed by atoms with van der Waals surface area (Å²) in [6.07, 6.45) is 0. The molecule has 1 amide bonds. The van der Waals surface area contributed by atoms with Gasteiger partial charge in [-0.1, -0.05) is 17.7 Å². The van der Waals surface area contributed by atoms with Crippen molar-refractivity contribution in [2.75, 3.05) is 11.1 Å². The van der Waals surface area contributed by atoms with E-state index in [1.807, 2.05) is 6.92 Å². The van der Waals surface area contributed by atoms with Crippen molar-refractivity contribution in [1.29, 1.82) is 0 Å². The Morgan fingerprint density at radius 1 is 1.26 bits per heavy atom. The highest BCUT2D eigenvalue weighted by atomic mass is 35.5. The molecule has 0 aliphatic heterocycles. The van der Waals surface area contributed by atoms with E-state index in [4.69, 9.17) is 17.3 Å². The van der Waals surface area contributed by atoms with Crippen LogP contribution in [-0.2, 0) is 0 Å². The lowest BCUT2D eigenvalue weighted by molar-refractivity contribution is 0.102. The van der Waals surface area contributed by atoms with Gasteiger partial charge in [0.1, 0.15) is 5.75 Å². The number of aromatic hydroxyl groups is 1. The summed E-state index contributed by atoms with van der Waals surface area (Å²) in [4.78, 5) is 12.0. The minimum atomic E-state index is -0.404. The van der Waals surface area contributed by atoms with Crippen molar-refractivity contribution in [2.24, 2.45) is 0 Å². The molecule has 98 valence electrons. The van der Waals surface area contributed by atoms with Gasteiger partial charge >= 0.3 is 0 Å². The van der Waals surface area contributed by atoms with Crippen LogP contribution in [-0.4, -0.2) is 11.0 Å². The zero-order chi connectivity index (χ0) is 14.0. The number of anilines is 2. The molecule has 4 N–H and O–H groups in total. The summed E-state index contributed by atoms with van der Waals surface area (Å²) in [6.45, 7) is 1.83. The van der Waals surface area contributed by atoms with Crippen LogP contribution in [0, 0.1) is 6.92 Å². The molecule has 0 aliphatic carbocycles. The molecule has 0 saturated carbocycles. The first-order valence-corrected chi connectivity index (χ1v) is 6.01. The molecule has 0 spiro atoms. The highest BCUT2D eigenvalue weighted by molar-refractivity contribution is 6.33. The number of phenols is 1. The van der Waals surface area contributed by atoms with Gasteiger partial charge in [-0.05, 0) is 42.8 Å². The predicted molar refractivity (Wildman–Crippen MR) is 76.7 cm³/mol. The van der Waals surface area contributed by atoms with Crippen LogP contribution < -0.4 is 11.1 Å². The Morgan fingerprint density at radius 3 is 2.63 bits per heavy atom. The lowest BCUT2D eigenvalue weighted by Crippen LogP contribution is -2.12. The van der Waals surface area contributed by atoms with Gasteiger partial charge in [-0.2, -0.15) is 0 Å². The Hall–Kier alpha value is -2.20. The number of aryl methyl sites for hydroxylation is 1. The summed E-state index contributed by atoms with van der Waals surface area (Å²) in [5.74, 6) is -0.461. The summed E-state index contributed by atoms with van der Waals surface area (Å²) < 4.78 is 0. The van der Waals surface area contributed by atoms with Gasteiger partial charge in [0.05, 0.1) is 16.3 Å². The molecule has 0 fully saturated rings. The first-order chi connectivity index (χ1) is 8.97. The van der Waals surface area contributed by atoms with Gasteiger partial charge in [-0.25, -0.2) is 0 Å². The fourth-order valence-corrected chi connectivity index (χ4v) is 1.82. The van der Waals surface area contributed by atoms with Crippen molar-refractivity contribution in [3.05, 3.63) is 52.5 Å². The number of nitrogens with one attached hydrogen (secondary N) is 1. The van der Waals surface area contributed by atoms with Gasteiger partial charge in [0.25, 0.3) is 5.91 Å². The maximum absolute atomic E-state index is 12.0. The van der Waals surface area contributed by atoms with Crippen LogP contribution in [0.3, 0.4) is 0 Å². The summed E-state index contributed by atoms with van der Waals surface area (Å²) in [6, 6.07) is 9.66. The minimum absolute atomic E-state index is 0.0564. The Morgan fingerprint density at radius 2 is 2.00 bits per heavy atom. The van der Waals surface area contributed by atoms with Gasteiger partial charge < -0.3 is 16.2 Å². The summed E-state index contributed by atoms with van der Waals surface area (Å²) in [5.41, 5.74) is 7.63. The number of rotatable bonds is 2. The van der Waals surface area contributed by atoms with Crippen LogP contribution in [0.1, 0.15) is 15.9 Å². The molecule has 5 heteroatoms. The van der Waals surface area contributed by atoms with Crippen molar-refractivity contribution < 1.29 is 9.90 Å². The average molecular weight is 277 g/mol. The van der Waals surface area contributed by atoms with Crippen LogP contribution in [0.4, 0.5) is 11.4 Å². The minimum Gasteiger partial charge on any atom is -0.507 e. The summed E-state index contributed by atoms with van der Waals surface area (Å²) >= 11 is 5.87. The number of benzene rings is 2. The molecule has 19 heavy (non-hydrogen) atoms. The number of hydrogen-bond donors (Lipinski definition) is 3. The number of hydrogen-bond acceptors (Lipinski definition) is 3. The van der Waals surface area contributed by atoms with E-state index in [-0.39, 0.29) is 11.3 Å². The molecule has 0 unspecified atom stereocenters. The maximum atomic E-state index is 12.0. The normalized spacial score (nSPS) is 10.2. The molecule has 0 aliphatic rings. The van der Waals surface area contributed by atoms with Crippen molar-refractivity contribution in [1.82, 2.24) is 0 Å². The molecule has 2 aromatic rings. The second-order valence-electron chi connectivity index (χ2n) is 4.21. The summed E-state index contributed by atoms with van der Waals surface area (Å²) in [7, 11) is 0. The van der Waals surface area contributed by atoms with E-state index in [0.717, 1.165) is 5.56 Å². The first-order valence-electron chi connectivity index (χ1n) is 5.63. The molecule has 4 nitrogen and oxygen atoms in total. The number of phenolic OH excluding ortho intramolecular Hbond substituents is 1. The molecule has 0 bridgehead atoms. The van der Waals surface area contributed by atoms with Gasteiger partial charge in [-0.3, -0.25) is 4.79 Å². The molecular formula is C14H13ClN2O2. The Bertz CT molecular complexity index is 641. The zero-order valence-corrected chi connectivity index (χ0v) is 11.0. The van der Waals surface area contributed by atoms with Crippen LogP contribution >= 0.6 is 11.6 Å². The van der Waals surface area contributed by atoms with Crippen LogP contribution in [0.5, 0.6) is 5.75 Å². The van der Waals surface area contributed by atoms with Gasteiger partial charge in [0, 0.05) is 5.69 Å². The molecule has 0 saturated heterocycles. The predicted octanol–water partition coefficient (Wildman–Crippen LogP) is 3.19. The lowest BCUT2D eigenvalue weighted by Gasteiger charge is -2.08. The van der Waals surface area contributed by atoms with E-state index >= 15 is 0 Å². The van der Waals surface area contributed by atoms with Crippen LogP contribution in [0.25, 0.3) is 0 Å². The molecule has 0 aromatic heterocycles. The molecule has 0 atom stereocenters. The van der Waals surface area contributed by atoms with Gasteiger partial charge in [0.2, 0.25) is 0 Å². The number of carbonyl (C=O) groups excluding carboxylic acids is 1. The monoisotopic (exact) mass is 276 g/mol. The van der Waals surface area contributed by atoms with E-state index in [9.17, 15) is 9.90 Å². The topological polar surface area (TPSA) is 75.4 Å². The highest BCUT2D eigenvalue weighted by Crippen LogP contribution is 2.24. The molecular weight excluding hydrogens is 264 g/mol. The number of nitrogens with two attached hydrogens (primary N) is 1. The van der Waals surface area contributed by atoms with Gasteiger partial charge in [-0.15, -0.1) is 0 Å². The zero-order valence-electron chi connectivity index (χ0n) is 10.3. The molecule has 2 rings (SSSR count). The fourth-order valence-electron chi connectivity index (χ4n) is 1.64. The van der Waals surface area contributed by atoms with E-state index in [0.29, 0.717) is 16.4 Å². The number of halogens is 1. The second-order valence-corrected chi connectivity index (χ2v) is 4.62. The van der Waals surface area contributed by atoms with Crippen molar-refractivity contribution in [3.63, 3.8) is 0 Å². The van der Waals surface area contributed by atoms with E-state index in [1.165, 1.54) is 6.07 Å². The number of nitrogen functional groups attached to an aromatic ring is 1. The standard InChI is InChI=1S/C14H13ClN2O2/c1-8-2-4-10(13(18)6-8)14(19)17-9-3-5-12(16)11(15)7-9/h2-7,18H,16H2,1H3,(H,17,19). The first kappa shape index (κ1) is 13.2. The Kier molecular flexibility index (Phi) is 3.62. The van der Waals surface area contributed by atoms with Crippen molar-refractivity contribution >= 4 is 28.9 Å². The quantitative estimate of drug-likeness (QED) is 0.737. The third-order valence-corrected chi connectivity index (χ3v) is 2.98. The Balaban J connectivity index is 2.23. The SMILES string of the molecule is Cc1ccc(C(=O)Nc2ccc(N)c(Cl)c2)c(O)c1. The fraction of sp³-hybridized carbons (Fsp3) is 0.0714. The van der Waals surface area contributed by atoms with E-state index < -0.39 is 5.91 Å². The largest absolute Gasteiger partial charge is 0.507 e.